The summed E-state index contributed by atoms with van der Waals surface area (Å²) in [7, 11) is 3.25. The minimum absolute atomic E-state index is 0.260. The predicted octanol–water partition coefficient (Wildman–Crippen LogP) is 2.89. The molecule has 1 aliphatic rings. The van der Waals surface area contributed by atoms with Crippen molar-refractivity contribution in [3.63, 3.8) is 0 Å². The van der Waals surface area contributed by atoms with Crippen LogP contribution in [0.2, 0.25) is 0 Å². The van der Waals surface area contributed by atoms with Crippen molar-refractivity contribution in [1.29, 1.82) is 0 Å². The first-order chi connectivity index (χ1) is 10.1. The summed E-state index contributed by atoms with van der Waals surface area (Å²) < 4.78 is 10.5. The van der Waals surface area contributed by atoms with E-state index in [1.807, 2.05) is 23.1 Å². The standard InChI is InChI=1S/C17H25NO3/c1-13-5-4-10-18(12-13)17(19)9-7-14-6-8-15(20-2)16(11-14)21-3/h6,8,11,13H,4-5,7,9-10,12H2,1-3H3/t13-/m0/s1. The number of carbonyl (C=O) groups excluding carboxylic acids is 1. The number of piperidine rings is 1. The molecule has 4 heteroatoms. The van der Waals surface area contributed by atoms with E-state index in [9.17, 15) is 4.79 Å². The topological polar surface area (TPSA) is 38.8 Å². The lowest BCUT2D eigenvalue weighted by molar-refractivity contribution is -0.132. The van der Waals surface area contributed by atoms with E-state index in [0.717, 1.165) is 37.2 Å². The third kappa shape index (κ3) is 4.13. The highest BCUT2D eigenvalue weighted by molar-refractivity contribution is 5.76. The Morgan fingerprint density at radius 3 is 2.71 bits per heavy atom. The second-order valence-corrected chi connectivity index (χ2v) is 5.78. The Hall–Kier alpha value is -1.71. The molecule has 0 unspecified atom stereocenters. The number of rotatable bonds is 5. The highest BCUT2D eigenvalue weighted by Gasteiger charge is 2.20. The fraction of sp³-hybridized carbons (Fsp3) is 0.588. The van der Waals surface area contributed by atoms with Crippen LogP contribution in [0.5, 0.6) is 11.5 Å². The molecule has 0 spiro atoms. The van der Waals surface area contributed by atoms with Crippen molar-refractivity contribution in [1.82, 2.24) is 4.90 Å². The first kappa shape index (κ1) is 15.7. The van der Waals surface area contributed by atoms with Crippen LogP contribution in [0.3, 0.4) is 0 Å². The molecule has 0 saturated carbocycles. The summed E-state index contributed by atoms with van der Waals surface area (Å²) >= 11 is 0. The number of likely N-dealkylation sites (tertiary alicyclic amines) is 1. The fourth-order valence-electron chi connectivity index (χ4n) is 2.86. The van der Waals surface area contributed by atoms with Crippen LogP contribution in [-0.4, -0.2) is 38.1 Å². The molecule has 1 fully saturated rings. The van der Waals surface area contributed by atoms with Gasteiger partial charge in [0.15, 0.2) is 11.5 Å². The number of benzene rings is 1. The number of methoxy groups -OCH3 is 2. The second kappa shape index (κ2) is 7.34. The Morgan fingerprint density at radius 2 is 2.05 bits per heavy atom. The summed E-state index contributed by atoms with van der Waals surface area (Å²) in [4.78, 5) is 14.3. The summed E-state index contributed by atoms with van der Waals surface area (Å²) in [6, 6.07) is 5.83. The highest BCUT2D eigenvalue weighted by Crippen LogP contribution is 2.28. The zero-order valence-corrected chi connectivity index (χ0v) is 13.2. The maximum absolute atomic E-state index is 12.3. The molecule has 1 aromatic carbocycles. The predicted molar refractivity (Wildman–Crippen MR) is 82.8 cm³/mol. The Balaban J connectivity index is 1.91. The van der Waals surface area contributed by atoms with Gasteiger partial charge in [0.25, 0.3) is 0 Å². The number of hydrogen-bond donors (Lipinski definition) is 0. The number of ether oxygens (including phenoxy) is 2. The van der Waals surface area contributed by atoms with Gasteiger partial charge in [-0.15, -0.1) is 0 Å². The van der Waals surface area contributed by atoms with Gasteiger partial charge in [0.1, 0.15) is 0 Å². The summed E-state index contributed by atoms with van der Waals surface area (Å²) in [5.41, 5.74) is 1.10. The zero-order valence-electron chi connectivity index (χ0n) is 13.2. The van der Waals surface area contributed by atoms with Gasteiger partial charge >= 0.3 is 0 Å². The maximum atomic E-state index is 12.3. The first-order valence-electron chi connectivity index (χ1n) is 7.62. The molecule has 0 N–H and O–H groups in total. The number of aryl methyl sites for hydroxylation is 1. The Labute approximate surface area is 127 Å². The van der Waals surface area contributed by atoms with E-state index in [1.54, 1.807) is 14.2 Å². The molecule has 1 heterocycles. The highest BCUT2D eigenvalue weighted by atomic mass is 16.5. The molecule has 116 valence electrons. The van der Waals surface area contributed by atoms with Gasteiger partial charge in [-0.05, 0) is 42.9 Å². The molecule has 0 radical (unpaired) electrons. The third-order valence-corrected chi connectivity index (χ3v) is 4.09. The van der Waals surface area contributed by atoms with Crippen molar-refractivity contribution in [2.45, 2.75) is 32.6 Å². The van der Waals surface area contributed by atoms with Crippen LogP contribution in [0, 0.1) is 5.92 Å². The molecule has 1 saturated heterocycles. The van der Waals surface area contributed by atoms with Crippen molar-refractivity contribution < 1.29 is 14.3 Å². The van der Waals surface area contributed by atoms with Crippen molar-refractivity contribution in [3.8, 4) is 11.5 Å². The quantitative estimate of drug-likeness (QED) is 0.837. The minimum atomic E-state index is 0.260. The van der Waals surface area contributed by atoms with E-state index in [4.69, 9.17) is 9.47 Å². The Bertz CT molecular complexity index is 487. The van der Waals surface area contributed by atoms with Gasteiger partial charge in [-0.1, -0.05) is 13.0 Å². The van der Waals surface area contributed by atoms with Crippen LogP contribution in [0.15, 0.2) is 18.2 Å². The van der Waals surface area contributed by atoms with Gasteiger partial charge in [0.2, 0.25) is 5.91 Å². The summed E-state index contributed by atoms with van der Waals surface area (Å²) in [6.07, 6.45) is 3.66. The third-order valence-electron chi connectivity index (χ3n) is 4.09. The molecule has 4 nitrogen and oxygen atoms in total. The maximum Gasteiger partial charge on any atom is 0.222 e. The SMILES string of the molecule is COc1ccc(CCC(=O)N2CCC[C@H](C)C2)cc1OC. The largest absolute Gasteiger partial charge is 0.493 e. The number of amides is 1. The molecule has 1 aromatic rings. The van der Waals surface area contributed by atoms with Crippen LogP contribution in [-0.2, 0) is 11.2 Å². The molecule has 1 atom stereocenters. The monoisotopic (exact) mass is 291 g/mol. The van der Waals surface area contributed by atoms with Gasteiger partial charge in [-0.2, -0.15) is 0 Å². The average molecular weight is 291 g/mol. The van der Waals surface area contributed by atoms with Crippen LogP contribution in [0.25, 0.3) is 0 Å². The molecule has 0 aromatic heterocycles. The van der Waals surface area contributed by atoms with E-state index in [0.29, 0.717) is 18.1 Å². The van der Waals surface area contributed by atoms with E-state index in [1.165, 1.54) is 6.42 Å². The zero-order chi connectivity index (χ0) is 15.2. The fourth-order valence-corrected chi connectivity index (χ4v) is 2.86. The summed E-state index contributed by atoms with van der Waals surface area (Å²) in [6.45, 7) is 4.04. The van der Waals surface area contributed by atoms with Gasteiger partial charge in [-0.25, -0.2) is 0 Å². The van der Waals surface area contributed by atoms with Gasteiger partial charge in [0, 0.05) is 19.5 Å². The van der Waals surface area contributed by atoms with Gasteiger partial charge in [-0.3, -0.25) is 4.79 Å². The number of nitrogens with zero attached hydrogens (tertiary/aromatic N) is 1. The molecular formula is C17H25NO3. The molecule has 2 rings (SSSR count). The van der Waals surface area contributed by atoms with E-state index < -0.39 is 0 Å². The van der Waals surface area contributed by atoms with E-state index >= 15 is 0 Å². The number of hydrogen-bond acceptors (Lipinski definition) is 3. The van der Waals surface area contributed by atoms with Crippen LogP contribution >= 0.6 is 0 Å². The molecular weight excluding hydrogens is 266 g/mol. The lowest BCUT2D eigenvalue weighted by Gasteiger charge is -2.31. The van der Waals surface area contributed by atoms with Gasteiger partial charge in [0.05, 0.1) is 14.2 Å². The first-order valence-corrected chi connectivity index (χ1v) is 7.62. The van der Waals surface area contributed by atoms with Crippen molar-refractivity contribution in [2.24, 2.45) is 5.92 Å². The number of carbonyl (C=O) groups is 1. The molecule has 1 aliphatic heterocycles. The molecule has 1 amide bonds. The Kier molecular flexibility index (Phi) is 5.48. The van der Waals surface area contributed by atoms with E-state index in [-0.39, 0.29) is 5.91 Å². The summed E-state index contributed by atoms with van der Waals surface area (Å²) in [5, 5.41) is 0. The smallest absolute Gasteiger partial charge is 0.222 e. The molecule has 0 aliphatic carbocycles. The second-order valence-electron chi connectivity index (χ2n) is 5.78. The lowest BCUT2D eigenvalue weighted by atomic mass is 9.99. The van der Waals surface area contributed by atoms with Crippen LogP contribution < -0.4 is 9.47 Å². The average Bonchev–Trinajstić information content (AvgIpc) is 2.52. The van der Waals surface area contributed by atoms with E-state index in [2.05, 4.69) is 6.92 Å². The van der Waals surface area contributed by atoms with Crippen LogP contribution in [0.1, 0.15) is 31.7 Å². The van der Waals surface area contributed by atoms with Crippen LogP contribution in [0.4, 0.5) is 0 Å². The van der Waals surface area contributed by atoms with Crippen molar-refractivity contribution >= 4 is 5.91 Å². The van der Waals surface area contributed by atoms with Gasteiger partial charge < -0.3 is 14.4 Å². The Morgan fingerprint density at radius 1 is 1.29 bits per heavy atom. The van der Waals surface area contributed by atoms with Crippen molar-refractivity contribution in [3.05, 3.63) is 23.8 Å². The summed E-state index contributed by atoms with van der Waals surface area (Å²) in [5.74, 6) is 2.33. The molecule has 0 bridgehead atoms. The normalized spacial score (nSPS) is 18.4. The minimum Gasteiger partial charge on any atom is -0.493 e. The molecule has 21 heavy (non-hydrogen) atoms. The van der Waals surface area contributed by atoms with Crippen molar-refractivity contribution in [2.75, 3.05) is 27.3 Å². The lowest BCUT2D eigenvalue weighted by Crippen LogP contribution is -2.39.